The number of carboxylic acids is 1. The van der Waals surface area contributed by atoms with Gasteiger partial charge in [0, 0.05) is 6.42 Å². The standard InChI is InChI=1S/C22H32O4/c23-20(15-6-2-1-3-7-15)12-11-18-19-14-16(8-4-5-9-22(25)26)17(19)10-13-21(18)24/h8,15,17-21,23-24H,1-7,9-10,13-14H2,(H,25,26)/b16-8+/t17-,18-,19+,20?,21-/m1/s1. The summed E-state index contributed by atoms with van der Waals surface area (Å²) in [6, 6.07) is 0. The summed E-state index contributed by atoms with van der Waals surface area (Å²) >= 11 is 0. The molecule has 0 aliphatic heterocycles. The average molecular weight is 360 g/mol. The third-order valence-electron chi connectivity index (χ3n) is 6.61. The molecule has 4 heteroatoms. The number of allylic oxidation sites excluding steroid dienone is 2. The number of hydrogen-bond donors (Lipinski definition) is 3. The summed E-state index contributed by atoms with van der Waals surface area (Å²) in [5.41, 5.74) is 1.42. The Balaban J connectivity index is 1.55. The molecular formula is C22H32O4. The van der Waals surface area contributed by atoms with Gasteiger partial charge < -0.3 is 15.3 Å². The van der Waals surface area contributed by atoms with Crippen LogP contribution in [0.3, 0.4) is 0 Å². The van der Waals surface area contributed by atoms with Crippen LogP contribution in [0, 0.1) is 35.5 Å². The number of unbranched alkanes of at least 4 members (excludes halogenated alkanes) is 1. The third-order valence-corrected chi connectivity index (χ3v) is 6.61. The molecular weight excluding hydrogens is 328 g/mol. The lowest BCUT2D eigenvalue weighted by Gasteiger charge is -2.48. The number of carboxylic acid groups (broad SMARTS) is 1. The fourth-order valence-electron chi connectivity index (χ4n) is 5.00. The van der Waals surface area contributed by atoms with Crippen LogP contribution in [-0.4, -0.2) is 33.5 Å². The number of carbonyl (C=O) groups is 1. The summed E-state index contributed by atoms with van der Waals surface area (Å²) in [6.07, 6.45) is 11.5. The Morgan fingerprint density at radius 3 is 2.69 bits per heavy atom. The molecule has 0 radical (unpaired) electrons. The Morgan fingerprint density at radius 1 is 1.19 bits per heavy atom. The predicted molar refractivity (Wildman–Crippen MR) is 100 cm³/mol. The van der Waals surface area contributed by atoms with Gasteiger partial charge in [0.25, 0.3) is 0 Å². The average Bonchev–Trinajstić information content (AvgIpc) is 2.62. The maximum Gasteiger partial charge on any atom is 0.303 e. The molecule has 0 aromatic rings. The smallest absolute Gasteiger partial charge is 0.303 e. The molecule has 3 saturated carbocycles. The van der Waals surface area contributed by atoms with E-state index in [2.05, 4.69) is 17.9 Å². The normalized spacial score (nSPS) is 34.3. The van der Waals surface area contributed by atoms with Gasteiger partial charge in [-0.3, -0.25) is 4.79 Å². The van der Waals surface area contributed by atoms with Crippen LogP contribution in [0.25, 0.3) is 0 Å². The van der Waals surface area contributed by atoms with Gasteiger partial charge in [-0.05, 0) is 62.7 Å². The van der Waals surface area contributed by atoms with E-state index in [1.807, 2.05) is 0 Å². The predicted octanol–water partition coefficient (Wildman–Crippen LogP) is 3.52. The summed E-state index contributed by atoms with van der Waals surface area (Å²) in [7, 11) is 0. The molecule has 5 atom stereocenters. The van der Waals surface area contributed by atoms with E-state index in [-0.39, 0.29) is 18.4 Å². The molecule has 1 unspecified atom stereocenters. The molecule has 3 rings (SSSR count). The lowest BCUT2D eigenvalue weighted by molar-refractivity contribution is -0.137. The molecule has 0 aromatic heterocycles. The minimum atomic E-state index is -0.734. The van der Waals surface area contributed by atoms with E-state index in [0.29, 0.717) is 24.2 Å². The molecule has 3 aliphatic carbocycles. The monoisotopic (exact) mass is 360 g/mol. The highest BCUT2D eigenvalue weighted by Crippen LogP contribution is 2.51. The van der Waals surface area contributed by atoms with Crippen LogP contribution < -0.4 is 0 Å². The number of aliphatic hydroxyl groups excluding tert-OH is 2. The van der Waals surface area contributed by atoms with Crippen LogP contribution in [0.1, 0.15) is 70.6 Å². The molecule has 144 valence electrons. The van der Waals surface area contributed by atoms with Crippen molar-refractivity contribution in [2.45, 2.75) is 82.8 Å². The lowest BCUT2D eigenvalue weighted by Crippen LogP contribution is -2.44. The van der Waals surface area contributed by atoms with E-state index in [0.717, 1.165) is 38.5 Å². The summed E-state index contributed by atoms with van der Waals surface area (Å²) in [4.78, 5) is 10.6. The van der Waals surface area contributed by atoms with E-state index < -0.39 is 12.1 Å². The van der Waals surface area contributed by atoms with E-state index in [1.165, 1.54) is 24.8 Å². The van der Waals surface area contributed by atoms with Crippen molar-refractivity contribution in [3.8, 4) is 11.8 Å². The van der Waals surface area contributed by atoms with Crippen LogP contribution in [0.5, 0.6) is 0 Å². The second kappa shape index (κ2) is 9.06. The Hall–Kier alpha value is -1.31. The van der Waals surface area contributed by atoms with Crippen molar-refractivity contribution in [3.63, 3.8) is 0 Å². The fourth-order valence-corrected chi connectivity index (χ4v) is 5.00. The van der Waals surface area contributed by atoms with E-state index in [4.69, 9.17) is 5.11 Å². The SMILES string of the molecule is O=C(O)CCC/C=C1\C[C@@H]2[C@@H](C#CC(O)C3CCCCC3)[C@H](O)CC[C@H]12. The van der Waals surface area contributed by atoms with Crippen molar-refractivity contribution >= 4 is 5.97 Å². The second-order valence-corrected chi connectivity index (χ2v) is 8.34. The van der Waals surface area contributed by atoms with Crippen LogP contribution >= 0.6 is 0 Å². The maximum absolute atomic E-state index is 10.6. The van der Waals surface area contributed by atoms with Gasteiger partial charge in [-0.25, -0.2) is 0 Å². The van der Waals surface area contributed by atoms with Gasteiger partial charge in [0.15, 0.2) is 0 Å². The van der Waals surface area contributed by atoms with Gasteiger partial charge in [0.05, 0.1) is 12.0 Å². The molecule has 0 aromatic carbocycles. The van der Waals surface area contributed by atoms with Gasteiger partial charge in [-0.1, -0.05) is 42.8 Å². The first-order valence-electron chi connectivity index (χ1n) is 10.3. The van der Waals surface area contributed by atoms with Crippen molar-refractivity contribution in [2.24, 2.45) is 23.7 Å². The molecule has 4 nitrogen and oxygen atoms in total. The summed E-state index contributed by atoms with van der Waals surface area (Å²) in [6.45, 7) is 0. The van der Waals surface area contributed by atoms with Crippen LogP contribution in [0.4, 0.5) is 0 Å². The first-order chi connectivity index (χ1) is 12.6. The topological polar surface area (TPSA) is 77.8 Å². The Bertz CT molecular complexity index is 579. The zero-order valence-corrected chi connectivity index (χ0v) is 15.6. The molecule has 0 bridgehead atoms. The molecule has 0 heterocycles. The Labute approximate surface area is 156 Å². The van der Waals surface area contributed by atoms with E-state index in [9.17, 15) is 15.0 Å². The number of aliphatic carboxylic acids is 1. The van der Waals surface area contributed by atoms with Crippen molar-refractivity contribution in [2.75, 3.05) is 0 Å². The van der Waals surface area contributed by atoms with Gasteiger partial charge in [0.2, 0.25) is 0 Å². The fraction of sp³-hybridized carbons (Fsp3) is 0.773. The highest BCUT2D eigenvalue weighted by molar-refractivity contribution is 5.66. The van der Waals surface area contributed by atoms with E-state index in [1.54, 1.807) is 0 Å². The Morgan fingerprint density at radius 2 is 1.96 bits per heavy atom. The second-order valence-electron chi connectivity index (χ2n) is 8.34. The van der Waals surface area contributed by atoms with Crippen LogP contribution in [0.15, 0.2) is 11.6 Å². The Kier molecular flexibility index (Phi) is 6.78. The molecule has 26 heavy (non-hydrogen) atoms. The number of fused-ring (bicyclic) bond motifs is 1. The quantitative estimate of drug-likeness (QED) is 0.398. The van der Waals surface area contributed by atoms with E-state index >= 15 is 0 Å². The zero-order chi connectivity index (χ0) is 18.5. The maximum atomic E-state index is 10.6. The van der Waals surface area contributed by atoms with Crippen molar-refractivity contribution in [1.29, 1.82) is 0 Å². The summed E-state index contributed by atoms with van der Waals surface area (Å²) in [5, 5.41) is 29.5. The molecule has 0 saturated heterocycles. The molecule has 3 aliphatic rings. The van der Waals surface area contributed by atoms with Gasteiger partial charge >= 0.3 is 5.97 Å². The summed E-state index contributed by atoms with van der Waals surface area (Å²) < 4.78 is 0. The van der Waals surface area contributed by atoms with Crippen molar-refractivity contribution in [3.05, 3.63) is 11.6 Å². The van der Waals surface area contributed by atoms with Crippen LogP contribution in [-0.2, 0) is 4.79 Å². The zero-order valence-electron chi connectivity index (χ0n) is 15.6. The van der Waals surface area contributed by atoms with Crippen molar-refractivity contribution in [1.82, 2.24) is 0 Å². The molecule has 0 amide bonds. The minimum absolute atomic E-state index is 0.0249. The first kappa shape index (κ1) is 19.5. The van der Waals surface area contributed by atoms with Gasteiger partial charge in [0.1, 0.15) is 6.10 Å². The summed E-state index contributed by atoms with van der Waals surface area (Å²) in [5.74, 6) is 6.76. The minimum Gasteiger partial charge on any atom is -0.481 e. The van der Waals surface area contributed by atoms with Gasteiger partial charge in [-0.2, -0.15) is 0 Å². The third kappa shape index (κ3) is 4.69. The lowest BCUT2D eigenvalue weighted by atomic mass is 9.57. The first-order valence-corrected chi connectivity index (χ1v) is 10.3. The van der Waals surface area contributed by atoms with Crippen LogP contribution in [0.2, 0.25) is 0 Å². The number of aliphatic hydroxyl groups is 2. The number of hydrogen-bond acceptors (Lipinski definition) is 3. The van der Waals surface area contributed by atoms with Gasteiger partial charge in [-0.15, -0.1) is 0 Å². The molecule has 3 N–H and O–H groups in total. The highest BCUT2D eigenvalue weighted by atomic mass is 16.4. The highest BCUT2D eigenvalue weighted by Gasteiger charge is 2.46. The largest absolute Gasteiger partial charge is 0.481 e. The molecule has 0 spiro atoms. The molecule has 3 fully saturated rings. The van der Waals surface area contributed by atoms with Crippen molar-refractivity contribution < 1.29 is 20.1 Å². The number of rotatable bonds is 5.